The van der Waals surface area contributed by atoms with Crippen LogP contribution in [0.1, 0.15) is 29.6 Å². The minimum Gasteiger partial charge on any atom is -0.490 e. The van der Waals surface area contributed by atoms with E-state index in [1.165, 1.54) is 9.80 Å². The zero-order valence-electron chi connectivity index (χ0n) is 15.3. The zero-order chi connectivity index (χ0) is 19.4. The maximum Gasteiger partial charge on any atom is 0.308 e. The molecule has 0 saturated carbocycles. The van der Waals surface area contributed by atoms with Crippen LogP contribution in [0.25, 0.3) is 0 Å². The molecule has 1 N–H and O–H groups in total. The molecule has 1 aromatic rings. The topological polar surface area (TPSA) is 96.4 Å². The molecular weight excluding hydrogens is 352 g/mol. The molecular formula is C19H24N2O6. The molecule has 3 rings (SSSR count). The Morgan fingerprint density at radius 2 is 1.93 bits per heavy atom. The first-order valence-electron chi connectivity index (χ1n) is 9.11. The Bertz CT molecular complexity index is 735. The number of benzene rings is 1. The van der Waals surface area contributed by atoms with Crippen LogP contribution in [0.5, 0.6) is 11.5 Å². The second-order valence-electron chi connectivity index (χ2n) is 6.89. The van der Waals surface area contributed by atoms with Crippen molar-refractivity contribution < 1.29 is 29.0 Å². The van der Waals surface area contributed by atoms with Crippen LogP contribution in [0.15, 0.2) is 18.2 Å². The lowest BCUT2D eigenvalue weighted by Crippen LogP contribution is -2.46. The lowest BCUT2D eigenvalue weighted by molar-refractivity contribution is -0.145. The number of carbonyl (C=O) groups is 3. The number of fused-ring (bicyclic) bond motifs is 1. The van der Waals surface area contributed by atoms with Gasteiger partial charge in [0.1, 0.15) is 0 Å². The molecule has 2 amide bonds. The van der Waals surface area contributed by atoms with Gasteiger partial charge in [-0.15, -0.1) is 0 Å². The average molecular weight is 376 g/mol. The molecule has 0 bridgehead atoms. The first-order valence-corrected chi connectivity index (χ1v) is 9.11. The Labute approximate surface area is 157 Å². The van der Waals surface area contributed by atoms with Crippen LogP contribution in [0.4, 0.5) is 0 Å². The van der Waals surface area contributed by atoms with Crippen LogP contribution >= 0.6 is 0 Å². The highest BCUT2D eigenvalue weighted by atomic mass is 16.5. The lowest BCUT2D eigenvalue weighted by atomic mass is 9.98. The number of hydrogen-bond acceptors (Lipinski definition) is 5. The van der Waals surface area contributed by atoms with E-state index in [9.17, 15) is 14.4 Å². The first-order chi connectivity index (χ1) is 13.0. The Morgan fingerprint density at radius 1 is 1.19 bits per heavy atom. The van der Waals surface area contributed by atoms with Gasteiger partial charge in [0.25, 0.3) is 5.91 Å². The van der Waals surface area contributed by atoms with E-state index in [1.54, 1.807) is 25.2 Å². The second kappa shape index (κ2) is 8.28. The van der Waals surface area contributed by atoms with Crippen molar-refractivity contribution in [3.05, 3.63) is 23.8 Å². The molecule has 146 valence electrons. The summed E-state index contributed by atoms with van der Waals surface area (Å²) in [5.41, 5.74) is 0.414. The standard InChI is InChI=1S/C19H24N2O6/c1-20(12-17(22)21-7-2-4-14(11-21)19(24)25)18(23)13-5-6-15-16(10-13)27-9-3-8-26-15/h5-6,10,14H,2-4,7-9,11-12H2,1H3,(H,24,25). The van der Waals surface area contributed by atoms with Gasteiger partial charge in [-0.3, -0.25) is 14.4 Å². The molecule has 1 unspecified atom stereocenters. The molecule has 8 nitrogen and oxygen atoms in total. The Morgan fingerprint density at radius 3 is 2.67 bits per heavy atom. The minimum atomic E-state index is -0.885. The summed E-state index contributed by atoms with van der Waals surface area (Å²) in [6, 6.07) is 4.98. The number of piperidine rings is 1. The molecule has 27 heavy (non-hydrogen) atoms. The summed E-state index contributed by atoms with van der Waals surface area (Å²) in [5.74, 6) is -0.833. The number of hydrogen-bond donors (Lipinski definition) is 1. The SMILES string of the molecule is CN(CC(=O)N1CCCC(C(=O)O)C1)C(=O)c1ccc2c(c1)OCCCO2. The third-order valence-electron chi connectivity index (χ3n) is 4.84. The van der Waals surface area contributed by atoms with Gasteiger partial charge in [0.15, 0.2) is 11.5 Å². The molecule has 0 aromatic heterocycles. The van der Waals surface area contributed by atoms with Crippen LogP contribution in [0.2, 0.25) is 0 Å². The molecule has 2 aliphatic heterocycles. The van der Waals surface area contributed by atoms with Gasteiger partial charge in [0.05, 0.1) is 25.7 Å². The van der Waals surface area contributed by atoms with Crippen LogP contribution < -0.4 is 9.47 Å². The fraction of sp³-hybridized carbons (Fsp3) is 0.526. The van der Waals surface area contributed by atoms with Crippen molar-refractivity contribution in [3.8, 4) is 11.5 Å². The largest absolute Gasteiger partial charge is 0.490 e. The molecule has 0 radical (unpaired) electrons. The summed E-state index contributed by atoms with van der Waals surface area (Å²) in [5, 5.41) is 9.15. The molecule has 2 aliphatic rings. The van der Waals surface area contributed by atoms with Gasteiger partial charge in [0.2, 0.25) is 5.91 Å². The first kappa shape index (κ1) is 19.0. The summed E-state index contributed by atoms with van der Waals surface area (Å²) in [6.45, 7) is 1.72. The average Bonchev–Trinajstić information content (AvgIpc) is 2.92. The van der Waals surface area contributed by atoms with Gasteiger partial charge in [0, 0.05) is 32.1 Å². The number of likely N-dealkylation sites (N-methyl/N-ethyl adjacent to an activating group) is 1. The fourth-order valence-electron chi connectivity index (χ4n) is 3.30. The number of aliphatic carboxylic acids is 1. The summed E-state index contributed by atoms with van der Waals surface area (Å²) in [6.07, 6.45) is 2.01. The Hall–Kier alpha value is -2.77. The third-order valence-corrected chi connectivity index (χ3v) is 4.84. The molecule has 2 heterocycles. The van der Waals surface area contributed by atoms with E-state index >= 15 is 0 Å². The van der Waals surface area contributed by atoms with Crippen molar-refractivity contribution >= 4 is 17.8 Å². The van der Waals surface area contributed by atoms with Crippen molar-refractivity contribution in [1.82, 2.24) is 9.80 Å². The highest BCUT2D eigenvalue weighted by Crippen LogP contribution is 2.30. The van der Waals surface area contributed by atoms with E-state index in [2.05, 4.69) is 0 Å². The fourth-order valence-corrected chi connectivity index (χ4v) is 3.30. The molecule has 0 aliphatic carbocycles. The van der Waals surface area contributed by atoms with Crippen molar-refractivity contribution in [2.75, 3.05) is 39.9 Å². The third kappa shape index (κ3) is 4.50. The Kier molecular flexibility index (Phi) is 5.83. The van der Waals surface area contributed by atoms with Gasteiger partial charge in [-0.05, 0) is 31.0 Å². The van der Waals surface area contributed by atoms with Crippen molar-refractivity contribution in [1.29, 1.82) is 0 Å². The number of carboxylic acids is 1. The summed E-state index contributed by atoms with van der Waals surface area (Å²) >= 11 is 0. The summed E-state index contributed by atoms with van der Waals surface area (Å²) < 4.78 is 11.2. The summed E-state index contributed by atoms with van der Waals surface area (Å²) in [4.78, 5) is 39.2. The monoisotopic (exact) mass is 376 g/mol. The maximum absolute atomic E-state index is 12.7. The zero-order valence-corrected chi connectivity index (χ0v) is 15.3. The Balaban J connectivity index is 1.62. The number of carboxylic acid groups (broad SMARTS) is 1. The molecule has 1 fully saturated rings. The smallest absolute Gasteiger partial charge is 0.308 e. The van der Waals surface area contributed by atoms with Gasteiger partial charge in [-0.25, -0.2) is 0 Å². The van der Waals surface area contributed by atoms with Crippen molar-refractivity contribution in [2.45, 2.75) is 19.3 Å². The van der Waals surface area contributed by atoms with E-state index in [0.717, 1.165) is 6.42 Å². The van der Waals surface area contributed by atoms with Crippen LogP contribution in [-0.2, 0) is 9.59 Å². The number of nitrogens with zero attached hydrogens (tertiary/aromatic N) is 2. The molecule has 8 heteroatoms. The lowest BCUT2D eigenvalue weighted by Gasteiger charge is -2.32. The number of ether oxygens (including phenoxy) is 2. The second-order valence-corrected chi connectivity index (χ2v) is 6.89. The minimum absolute atomic E-state index is 0.0976. The molecule has 0 spiro atoms. The van der Waals surface area contributed by atoms with E-state index < -0.39 is 11.9 Å². The summed E-state index contributed by atoms with van der Waals surface area (Å²) in [7, 11) is 1.56. The quantitative estimate of drug-likeness (QED) is 0.849. The molecule has 1 aromatic carbocycles. The number of carbonyl (C=O) groups excluding carboxylic acids is 2. The molecule has 1 saturated heterocycles. The van der Waals surface area contributed by atoms with Crippen molar-refractivity contribution in [3.63, 3.8) is 0 Å². The molecule has 1 atom stereocenters. The van der Waals surface area contributed by atoms with E-state index in [0.29, 0.717) is 49.7 Å². The number of rotatable bonds is 4. The van der Waals surface area contributed by atoms with Gasteiger partial charge < -0.3 is 24.4 Å². The predicted octanol–water partition coefficient (Wildman–Crippen LogP) is 1.24. The van der Waals surface area contributed by atoms with Gasteiger partial charge in [-0.2, -0.15) is 0 Å². The number of likely N-dealkylation sites (tertiary alicyclic amines) is 1. The van der Waals surface area contributed by atoms with Crippen LogP contribution in [0, 0.1) is 5.92 Å². The normalized spacial score (nSPS) is 19.1. The van der Waals surface area contributed by atoms with Crippen LogP contribution in [-0.4, -0.2) is 72.6 Å². The predicted molar refractivity (Wildman–Crippen MR) is 95.9 cm³/mol. The van der Waals surface area contributed by atoms with Gasteiger partial charge >= 0.3 is 5.97 Å². The van der Waals surface area contributed by atoms with E-state index in [4.69, 9.17) is 14.6 Å². The van der Waals surface area contributed by atoms with E-state index in [1.807, 2.05) is 0 Å². The highest BCUT2D eigenvalue weighted by Gasteiger charge is 2.29. The highest BCUT2D eigenvalue weighted by molar-refractivity contribution is 5.97. The van der Waals surface area contributed by atoms with Crippen LogP contribution in [0.3, 0.4) is 0 Å². The maximum atomic E-state index is 12.7. The number of amides is 2. The van der Waals surface area contributed by atoms with E-state index in [-0.39, 0.29) is 24.9 Å². The van der Waals surface area contributed by atoms with Crippen molar-refractivity contribution in [2.24, 2.45) is 5.92 Å². The van der Waals surface area contributed by atoms with Gasteiger partial charge in [-0.1, -0.05) is 0 Å².